The van der Waals surface area contributed by atoms with Gasteiger partial charge in [-0.2, -0.15) is 12.0 Å². The fourth-order valence-corrected chi connectivity index (χ4v) is 2.71. The molecule has 0 radical (unpaired) electrons. The standard InChI is InChI=1S/C9H10N4O3S2/c1-7-3-5-8(6-4-7)18(14,15)16-17-9-10-11-12-13(9)2/h3-6H,1-2H3. The predicted octanol–water partition coefficient (Wildman–Crippen LogP) is 0.931. The molecule has 18 heavy (non-hydrogen) atoms. The summed E-state index contributed by atoms with van der Waals surface area (Å²) in [6.07, 6.45) is 0. The summed E-state index contributed by atoms with van der Waals surface area (Å²) in [7, 11) is -2.23. The Hall–Kier alpha value is -1.45. The van der Waals surface area contributed by atoms with Crippen LogP contribution in [0.3, 0.4) is 0 Å². The van der Waals surface area contributed by atoms with E-state index in [0.29, 0.717) is 12.0 Å². The molecular formula is C9H10N4O3S2. The highest BCUT2D eigenvalue weighted by Gasteiger charge is 2.18. The highest BCUT2D eigenvalue weighted by molar-refractivity contribution is 8.04. The summed E-state index contributed by atoms with van der Waals surface area (Å²) in [5, 5.41) is 10.8. The van der Waals surface area contributed by atoms with E-state index in [0.717, 1.165) is 5.56 Å². The minimum Gasteiger partial charge on any atom is -0.222 e. The predicted molar refractivity (Wildman–Crippen MR) is 64.1 cm³/mol. The van der Waals surface area contributed by atoms with E-state index < -0.39 is 10.1 Å². The van der Waals surface area contributed by atoms with Gasteiger partial charge < -0.3 is 0 Å². The first-order chi connectivity index (χ1) is 8.49. The van der Waals surface area contributed by atoms with Crippen molar-refractivity contribution in [1.29, 1.82) is 0 Å². The summed E-state index contributed by atoms with van der Waals surface area (Å²) in [4.78, 5) is 0.0933. The van der Waals surface area contributed by atoms with Crippen molar-refractivity contribution in [3.8, 4) is 0 Å². The Kier molecular flexibility index (Phi) is 3.64. The van der Waals surface area contributed by atoms with Crippen LogP contribution in [0.4, 0.5) is 0 Å². The Labute approximate surface area is 108 Å². The molecular weight excluding hydrogens is 276 g/mol. The molecule has 0 spiro atoms. The molecule has 0 saturated heterocycles. The molecule has 0 bridgehead atoms. The SMILES string of the molecule is Cc1ccc(S(=O)(=O)OSc2nnnn2C)cc1. The number of benzene rings is 1. The molecule has 0 aliphatic heterocycles. The van der Waals surface area contributed by atoms with Crippen molar-refractivity contribution in [2.24, 2.45) is 7.05 Å². The van der Waals surface area contributed by atoms with Gasteiger partial charge in [-0.3, -0.25) is 0 Å². The third kappa shape index (κ3) is 2.86. The Bertz CT molecular complexity index is 636. The van der Waals surface area contributed by atoms with E-state index >= 15 is 0 Å². The van der Waals surface area contributed by atoms with E-state index in [-0.39, 0.29) is 10.1 Å². The second kappa shape index (κ2) is 5.04. The molecule has 1 heterocycles. The lowest BCUT2D eigenvalue weighted by Crippen LogP contribution is -2.03. The zero-order valence-electron chi connectivity index (χ0n) is 9.64. The average molecular weight is 286 g/mol. The van der Waals surface area contributed by atoms with Crippen molar-refractivity contribution >= 4 is 22.2 Å². The van der Waals surface area contributed by atoms with Crippen LogP contribution in [0, 0.1) is 6.92 Å². The summed E-state index contributed by atoms with van der Waals surface area (Å²) < 4.78 is 29.8. The van der Waals surface area contributed by atoms with E-state index in [1.165, 1.54) is 16.8 Å². The van der Waals surface area contributed by atoms with Crippen molar-refractivity contribution in [2.75, 3.05) is 0 Å². The Morgan fingerprint density at radius 1 is 1.28 bits per heavy atom. The maximum Gasteiger partial charge on any atom is 0.308 e. The van der Waals surface area contributed by atoms with E-state index in [1.807, 2.05) is 6.92 Å². The van der Waals surface area contributed by atoms with Crippen LogP contribution in [0.15, 0.2) is 34.3 Å². The Morgan fingerprint density at radius 2 is 1.94 bits per heavy atom. The van der Waals surface area contributed by atoms with Crippen LogP contribution in [0.2, 0.25) is 0 Å². The smallest absolute Gasteiger partial charge is 0.222 e. The maximum absolute atomic E-state index is 11.8. The molecule has 0 N–H and O–H groups in total. The molecule has 0 aliphatic carbocycles. The number of hydrogen-bond acceptors (Lipinski definition) is 7. The number of nitrogens with zero attached hydrogens (tertiary/aromatic N) is 4. The van der Waals surface area contributed by atoms with Gasteiger partial charge in [0.25, 0.3) is 0 Å². The quantitative estimate of drug-likeness (QED) is 0.773. The third-order valence-electron chi connectivity index (χ3n) is 2.09. The minimum absolute atomic E-state index is 0.0933. The van der Waals surface area contributed by atoms with Crippen LogP contribution in [-0.4, -0.2) is 28.6 Å². The van der Waals surface area contributed by atoms with E-state index in [1.54, 1.807) is 19.2 Å². The van der Waals surface area contributed by atoms with Gasteiger partial charge in [-0.1, -0.05) is 22.8 Å². The van der Waals surface area contributed by atoms with E-state index in [9.17, 15) is 8.42 Å². The van der Waals surface area contributed by atoms with E-state index in [4.69, 9.17) is 3.63 Å². The van der Waals surface area contributed by atoms with Gasteiger partial charge in [0.2, 0.25) is 5.16 Å². The van der Waals surface area contributed by atoms with E-state index in [2.05, 4.69) is 15.5 Å². The first kappa shape index (κ1) is 13.0. The lowest BCUT2D eigenvalue weighted by molar-refractivity contribution is 0.514. The number of aryl methyl sites for hydroxylation is 2. The van der Waals surface area contributed by atoms with Gasteiger partial charge in [-0.25, -0.2) is 4.68 Å². The molecule has 1 aromatic carbocycles. The third-order valence-corrected chi connectivity index (χ3v) is 4.42. The zero-order valence-corrected chi connectivity index (χ0v) is 11.3. The Morgan fingerprint density at radius 3 is 2.50 bits per heavy atom. The lowest BCUT2D eigenvalue weighted by Gasteiger charge is -2.03. The molecule has 0 aliphatic rings. The van der Waals surface area contributed by atoms with Crippen molar-refractivity contribution in [2.45, 2.75) is 17.0 Å². The molecule has 7 nitrogen and oxygen atoms in total. The fourth-order valence-electron chi connectivity index (χ4n) is 1.11. The van der Waals surface area contributed by atoms with Crippen LogP contribution >= 0.6 is 12.0 Å². The molecule has 2 rings (SSSR count). The Balaban J connectivity index is 2.13. The fraction of sp³-hybridized carbons (Fsp3) is 0.222. The van der Waals surface area contributed by atoms with Crippen LogP contribution in [0.25, 0.3) is 0 Å². The summed E-state index contributed by atoms with van der Waals surface area (Å²) in [5.74, 6) is 0. The second-order valence-electron chi connectivity index (χ2n) is 3.50. The van der Waals surface area contributed by atoms with Crippen molar-refractivity contribution < 1.29 is 12.0 Å². The summed E-state index contributed by atoms with van der Waals surface area (Å²) in [6.45, 7) is 1.87. The minimum atomic E-state index is -3.82. The molecule has 0 atom stereocenters. The molecule has 2 aromatic rings. The molecule has 0 fully saturated rings. The number of aromatic nitrogens is 4. The van der Waals surface area contributed by atoms with Crippen molar-refractivity contribution in [3.63, 3.8) is 0 Å². The average Bonchev–Trinajstić information content (AvgIpc) is 2.73. The molecule has 9 heteroatoms. The first-order valence-corrected chi connectivity index (χ1v) is 7.04. The first-order valence-electron chi connectivity index (χ1n) is 4.89. The van der Waals surface area contributed by atoms with Crippen molar-refractivity contribution in [1.82, 2.24) is 20.2 Å². The molecule has 0 unspecified atom stereocenters. The van der Waals surface area contributed by atoms with Crippen LogP contribution in [0.5, 0.6) is 0 Å². The van der Waals surface area contributed by atoms with Gasteiger partial charge in [-0.15, -0.1) is 0 Å². The number of tetrazole rings is 1. The number of hydrogen-bond donors (Lipinski definition) is 0. The monoisotopic (exact) mass is 286 g/mol. The lowest BCUT2D eigenvalue weighted by atomic mass is 10.2. The molecule has 96 valence electrons. The second-order valence-corrected chi connectivity index (χ2v) is 5.96. The van der Waals surface area contributed by atoms with Crippen LogP contribution in [-0.2, 0) is 20.8 Å². The number of rotatable bonds is 4. The summed E-state index contributed by atoms with van der Waals surface area (Å²) >= 11 is 0.599. The normalized spacial score (nSPS) is 11.7. The van der Waals surface area contributed by atoms with Gasteiger partial charge in [0.1, 0.15) is 0 Å². The summed E-state index contributed by atoms with van der Waals surface area (Å²) in [6, 6.07) is 6.37. The van der Waals surface area contributed by atoms with Crippen LogP contribution in [0.1, 0.15) is 5.56 Å². The topological polar surface area (TPSA) is 87.0 Å². The molecule has 0 amide bonds. The highest BCUT2D eigenvalue weighted by Crippen LogP contribution is 2.22. The summed E-state index contributed by atoms with van der Waals surface area (Å²) in [5.41, 5.74) is 0.971. The van der Waals surface area contributed by atoms with Crippen LogP contribution < -0.4 is 0 Å². The maximum atomic E-state index is 11.8. The highest BCUT2D eigenvalue weighted by atomic mass is 32.3. The van der Waals surface area contributed by atoms with Gasteiger partial charge >= 0.3 is 10.1 Å². The van der Waals surface area contributed by atoms with Gasteiger partial charge in [-0.05, 0) is 29.5 Å². The van der Waals surface area contributed by atoms with Gasteiger partial charge in [0.05, 0.1) is 16.9 Å². The van der Waals surface area contributed by atoms with Gasteiger partial charge in [0.15, 0.2) is 0 Å². The molecule has 0 saturated carbocycles. The van der Waals surface area contributed by atoms with Gasteiger partial charge in [0, 0.05) is 7.05 Å². The van der Waals surface area contributed by atoms with Crippen molar-refractivity contribution in [3.05, 3.63) is 29.8 Å². The zero-order chi connectivity index (χ0) is 13.2. The molecule has 1 aromatic heterocycles. The largest absolute Gasteiger partial charge is 0.308 e.